The van der Waals surface area contributed by atoms with E-state index >= 15 is 0 Å². The van der Waals surface area contributed by atoms with Crippen LogP contribution in [0.5, 0.6) is 5.75 Å². The van der Waals surface area contributed by atoms with E-state index in [1.165, 1.54) is 0 Å². The molecule has 1 heterocycles. The predicted molar refractivity (Wildman–Crippen MR) is 125 cm³/mol. The smallest absolute Gasteiger partial charge is 0.191 e. The SMILES string of the molecule is CCc1oc([C@@H](C)[C@@H](O)[C@H](C)[C@H](OCc2ccc(OC)cc2)[C@H](C)CO)c(C)c(=O)c1C. The van der Waals surface area contributed by atoms with Gasteiger partial charge in [0, 0.05) is 41.9 Å². The lowest BCUT2D eigenvalue weighted by atomic mass is 9.82. The van der Waals surface area contributed by atoms with Crippen molar-refractivity contribution in [2.24, 2.45) is 11.8 Å². The molecule has 1 aromatic heterocycles. The second-order valence-corrected chi connectivity index (χ2v) is 8.74. The number of hydrogen-bond acceptors (Lipinski definition) is 6. The maximum atomic E-state index is 12.7. The maximum absolute atomic E-state index is 12.7. The van der Waals surface area contributed by atoms with Crippen LogP contribution in [0.25, 0.3) is 0 Å². The van der Waals surface area contributed by atoms with E-state index in [4.69, 9.17) is 13.9 Å². The Morgan fingerprint density at radius 3 is 2.22 bits per heavy atom. The molecule has 0 aliphatic rings. The van der Waals surface area contributed by atoms with Gasteiger partial charge in [-0.15, -0.1) is 0 Å². The van der Waals surface area contributed by atoms with Crippen LogP contribution in [0.15, 0.2) is 33.5 Å². The first kappa shape index (κ1) is 26.1. The molecule has 0 fully saturated rings. The van der Waals surface area contributed by atoms with Crippen LogP contribution in [0, 0.1) is 25.7 Å². The average molecular weight is 447 g/mol. The molecule has 1 aromatic carbocycles. The molecule has 0 amide bonds. The molecule has 0 radical (unpaired) electrons. The topological polar surface area (TPSA) is 89.1 Å². The summed E-state index contributed by atoms with van der Waals surface area (Å²) in [5, 5.41) is 21.0. The van der Waals surface area contributed by atoms with Crippen LogP contribution in [0.2, 0.25) is 0 Å². The molecule has 6 heteroatoms. The number of rotatable bonds is 11. The Morgan fingerprint density at radius 1 is 1.06 bits per heavy atom. The summed E-state index contributed by atoms with van der Waals surface area (Å²) in [5.74, 6) is 1.05. The molecule has 32 heavy (non-hydrogen) atoms. The van der Waals surface area contributed by atoms with Crippen molar-refractivity contribution < 1.29 is 24.1 Å². The van der Waals surface area contributed by atoms with Crippen LogP contribution < -0.4 is 10.2 Å². The Labute approximate surface area is 191 Å². The summed E-state index contributed by atoms with van der Waals surface area (Å²) in [7, 11) is 1.62. The molecule has 5 atom stereocenters. The van der Waals surface area contributed by atoms with Crippen molar-refractivity contribution in [1.82, 2.24) is 0 Å². The maximum Gasteiger partial charge on any atom is 0.191 e. The van der Waals surface area contributed by atoms with Gasteiger partial charge in [0.25, 0.3) is 0 Å². The zero-order chi connectivity index (χ0) is 24.0. The van der Waals surface area contributed by atoms with Gasteiger partial charge < -0.3 is 24.1 Å². The van der Waals surface area contributed by atoms with E-state index in [1.54, 1.807) is 21.0 Å². The van der Waals surface area contributed by atoms with E-state index in [1.807, 2.05) is 52.0 Å². The first-order valence-electron chi connectivity index (χ1n) is 11.3. The highest BCUT2D eigenvalue weighted by Gasteiger charge is 2.35. The second-order valence-electron chi connectivity index (χ2n) is 8.74. The number of ether oxygens (including phenoxy) is 2. The third kappa shape index (κ3) is 5.80. The van der Waals surface area contributed by atoms with Crippen LogP contribution >= 0.6 is 0 Å². The lowest BCUT2D eigenvalue weighted by molar-refractivity contribution is -0.0798. The highest BCUT2D eigenvalue weighted by Crippen LogP contribution is 2.32. The first-order valence-corrected chi connectivity index (χ1v) is 11.3. The molecular formula is C26H38O6. The third-order valence-corrected chi connectivity index (χ3v) is 6.46. The van der Waals surface area contributed by atoms with Gasteiger partial charge in [0.05, 0.1) is 25.9 Å². The molecule has 2 rings (SSSR count). The summed E-state index contributed by atoms with van der Waals surface area (Å²) >= 11 is 0. The minimum absolute atomic E-state index is 0.0363. The molecule has 0 bridgehead atoms. The number of aryl methyl sites for hydroxylation is 1. The van der Waals surface area contributed by atoms with Gasteiger partial charge >= 0.3 is 0 Å². The molecule has 2 aromatic rings. The first-order chi connectivity index (χ1) is 15.2. The van der Waals surface area contributed by atoms with Crippen LogP contribution in [0.4, 0.5) is 0 Å². The summed E-state index contributed by atoms with van der Waals surface area (Å²) < 4.78 is 17.4. The Kier molecular flexibility index (Phi) is 9.49. The van der Waals surface area contributed by atoms with Crippen LogP contribution in [0.3, 0.4) is 0 Å². The van der Waals surface area contributed by atoms with Gasteiger partial charge in [0.15, 0.2) is 5.43 Å². The quantitative estimate of drug-likeness (QED) is 0.539. The van der Waals surface area contributed by atoms with E-state index < -0.39 is 12.0 Å². The largest absolute Gasteiger partial charge is 0.497 e. The highest BCUT2D eigenvalue weighted by atomic mass is 16.5. The fourth-order valence-corrected chi connectivity index (χ4v) is 4.23. The van der Waals surface area contributed by atoms with Crippen molar-refractivity contribution >= 4 is 0 Å². The average Bonchev–Trinajstić information content (AvgIpc) is 2.81. The molecule has 0 aliphatic carbocycles. The molecule has 2 N–H and O–H groups in total. The number of methoxy groups -OCH3 is 1. The second kappa shape index (κ2) is 11.6. The molecule has 0 unspecified atom stereocenters. The number of aliphatic hydroxyl groups excluding tert-OH is 2. The fourth-order valence-electron chi connectivity index (χ4n) is 4.23. The monoisotopic (exact) mass is 446 g/mol. The summed E-state index contributed by atoms with van der Waals surface area (Å²) in [5.41, 5.74) is 2.09. The van der Waals surface area contributed by atoms with E-state index in [9.17, 15) is 15.0 Å². The molecular weight excluding hydrogens is 408 g/mol. The Morgan fingerprint density at radius 2 is 1.69 bits per heavy atom. The minimum atomic E-state index is -0.820. The number of benzene rings is 1. The van der Waals surface area contributed by atoms with Crippen molar-refractivity contribution in [2.75, 3.05) is 13.7 Å². The third-order valence-electron chi connectivity index (χ3n) is 6.46. The lowest BCUT2D eigenvalue weighted by Crippen LogP contribution is -2.40. The minimum Gasteiger partial charge on any atom is -0.497 e. The van der Waals surface area contributed by atoms with Crippen molar-refractivity contribution in [3.63, 3.8) is 0 Å². The highest BCUT2D eigenvalue weighted by molar-refractivity contribution is 5.28. The summed E-state index contributed by atoms with van der Waals surface area (Å²) in [4.78, 5) is 12.7. The van der Waals surface area contributed by atoms with Gasteiger partial charge in [0.1, 0.15) is 17.3 Å². The van der Waals surface area contributed by atoms with Gasteiger partial charge in [-0.2, -0.15) is 0 Å². The fraction of sp³-hybridized carbons (Fsp3) is 0.577. The lowest BCUT2D eigenvalue weighted by Gasteiger charge is -2.34. The molecule has 0 saturated heterocycles. The number of aliphatic hydroxyl groups is 2. The van der Waals surface area contributed by atoms with Crippen LogP contribution in [-0.2, 0) is 17.8 Å². The molecule has 6 nitrogen and oxygen atoms in total. The van der Waals surface area contributed by atoms with Gasteiger partial charge in [-0.25, -0.2) is 0 Å². The van der Waals surface area contributed by atoms with E-state index in [2.05, 4.69) is 0 Å². The molecule has 0 aliphatic heterocycles. The van der Waals surface area contributed by atoms with E-state index in [0.29, 0.717) is 35.7 Å². The zero-order valence-corrected chi connectivity index (χ0v) is 20.3. The van der Waals surface area contributed by atoms with Crippen LogP contribution in [0.1, 0.15) is 61.8 Å². The van der Waals surface area contributed by atoms with E-state index in [0.717, 1.165) is 11.3 Å². The Hall–Kier alpha value is -2.15. The van der Waals surface area contributed by atoms with Gasteiger partial charge in [-0.3, -0.25) is 4.79 Å². The Bertz CT molecular complexity index is 917. The number of hydrogen-bond donors (Lipinski definition) is 2. The van der Waals surface area contributed by atoms with Crippen LogP contribution in [-0.4, -0.2) is 36.1 Å². The normalized spacial score (nSPS) is 16.3. The van der Waals surface area contributed by atoms with Gasteiger partial charge in [-0.05, 0) is 31.5 Å². The van der Waals surface area contributed by atoms with Gasteiger partial charge in [0.2, 0.25) is 0 Å². The summed E-state index contributed by atoms with van der Waals surface area (Å²) in [6, 6.07) is 7.60. The van der Waals surface area contributed by atoms with Crippen molar-refractivity contribution in [1.29, 1.82) is 0 Å². The summed E-state index contributed by atoms with van der Waals surface area (Å²) in [6.45, 7) is 11.4. The molecule has 0 spiro atoms. The molecule has 0 saturated carbocycles. The van der Waals surface area contributed by atoms with Crippen molar-refractivity contribution in [3.8, 4) is 5.75 Å². The predicted octanol–water partition coefficient (Wildman–Crippen LogP) is 4.14. The standard InChI is InChI=1S/C26H38O6/c1-8-22-16(3)23(28)18(5)26(32-22)19(6)24(29)17(4)25(15(2)13-27)31-14-20-9-11-21(30-7)12-10-20/h9-12,15,17,19,24-25,27,29H,8,13-14H2,1-7H3/t15-,17+,19+,24+,25-/m1/s1. The van der Waals surface area contributed by atoms with E-state index in [-0.39, 0.29) is 30.0 Å². The van der Waals surface area contributed by atoms with Crippen molar-refractivity contribution in [2.45, 2.75) is 72.7 Å². The Balaban J connectivity index is 2.24. The zero-order valence-electron chi connectivity index (χ0n) is 20.3. The van der Waals surface area contributed by atoms with Crippen molar-refractivity contribution in [3.05, 3.63) is 62.7 Å². The molecule has 178 valence electrons. The summed E-state index contributed by atoms with van der Waals surface area (Å²) in [6.07, 6.45) is -0.594. The van der Waals surface area contributed by atoms with Gasteiger partial charge in [-0.1, -0.05) is 39.8 Å².